The van der Waals surface area contributed by atoms with Crippen molar-refractivity contribution in [3.63, 3.8) is 0 Å². The second-order valence-electron chi connectivity index (χ2n) is 10.6. The molecule has 0 heterocycles. The molecule has 2 unspecified atom stereocenters. The number of aliphatic hydroxyl groups is 2. The maximum Gasteiger partial charge on any atom is 0.119 e. The second kappa shape index (κ2) is 12.1. The first-order chi connectivity index (χ1) is 17.1. The van der Waals surface area contributed by atoms with Crippen LogP contribution in [0.1, 0.15) is 56.9 Å². The number of halogens is 1. The van der Waals surface area contributed by atoms with Crippen molar-refractivity contribution in [3.8, 4) is 11.5 Å². The number of rotatable bonds is 12. The molecule has 5 heteroatoms. The van der Waals surface area contributed by atoms with E-state index in [0.717, 1.165) is 5.75 Å². The third-order valence-electron chi connectivity index (χ3n) is 6.93. The highest BCUT2D eigenvalue weighted by molar-refractivity contribution is 6.18. The molecule has 0 spiro atoms. The Kier molecular flexibility index (Phi) is 9.46. The summed E-state index contributed by atoms with van der Waals surface area (Å²) in [4.78, 5) is 0. The molecule has 2 atom stereocenters. The molecule has 0 saturated carbocycles. The number of benzene rings is 3. The summed E-state index contributed by atoms with van der Waals surface area (Å²) in [6.07, 6.45) is -0.875. The summed E-state index contributed by atoms with van der Waals surface area (Å²) in [5.41, 5.74) is 4.53. The minimum absolute atomic E-state index is 0.0689. The summed E-state index contributed by atoms with van der Waals surface area (Å²) in [6, 6.07) is 25.1. The van der Waals surface area contributed by atoms with E-state index >= 15 is 0 Å². The Labute approximate surface area is 220 Å². The van der Waals surface area contributed by atoms with Crippen molar-refractivity contribution in [2.45, 2.75) is 51.6 Å². The summed E-state index contributed by atoms with van der Waals surface area (Å²) in [5.74, 6) is 2.45. The maximum absolute atomic E-state index is 9.48. The monoisotopic (exact) mass is 510 g/mol. The fourth-order valence-electron chi connectivity index (χ4n) is 4.10. The number of aliphatic hydroxyl groups excluding tert-OH is 2. The highest BCUT2D eigenvalue weighted by Crippen LogP contribution is 2.36. The molecule has 3 aromatic rings. The fraction of sp³-hybridized carbons (Fsp3) is 0.419. The van der Waals surface area contributed by atoms with Crippen LogP contribution >= 0.6 is 11.6 Å². The molecule has 0 radical (unpaired) electrons. The molecular weight excluding hydrogens is 472 g/mol. The average Bonchev–Trinajstić information content (AvgIpc) is 2.90. The Balaban J connectivity index is 1.71. The predicted molar refractivity (Wildman–Crippen MR) is 148 cm³/mol. The van der Waals surface area contributed by atoms with Gasteiger partial charge in [0.05, 0.1) is 13.2 Å². The lowest BCUT2D eigenvalue weighted by atomic mass is 9.74. The lowest BCUT2D eigenvalue weighted by molar-refractivity contribution is 0.0536. The molecule has 3 rings (SSSR count). The minimum atomic E-state index is -0.875. The standard InChI is InChI=1S/C31H39ClO4/c1-22(18-32)20-35-28-14-10-25(11-15-28)30(2,3)23-6-8-24(9-7-23)31(4,5)26-12-16-29(17-13-26)36-21-27(34)19-33/h6-17,22,27,33-34H,18-21H2,1-5H3. The van der Waals surface area contributed by atoms with Crippen LogP contribution in [0.15, 0.2) is 72.8 Å². The number of hydrogen-bond donors (Lipinski definition) is 2. The molecule has 0 amide bonds. The van der Waals surface area contributed by atoms with Crippen molar-refractivity contribution in [3.05, 3.63) is 95.1 Å². The lowest BCUT2D eigenvalue weighted by Gasteiger charge is -2.29. The van der Waals surface area contributed by atoms with Gasteiger partial charge in [-0.25, -0.2) is 0 Å². The summed E-state index contributed by atoms with van der Waals surface area (Å²) in [6.45, 7) is 11.4. The Morgan fingerprint density at radius 3 is 1.33 bits per heavy atom. The summed E-state index contributed by atoms with van der Waals surface area (Å²) >= 11 is 5.88. The van der Waals surface area contributed by atoms with Gasteiger partial charge in [-0.15, -0.1) is 11.6 Å². The van der Waals surface area contributed by atoms with E-state index in [2.05, 4.69) is 83.1 Å². The number of hydrogen-bond acceptors (Lipinski definition) is 4. The Hall–Kier alpha value is -2.53. The van der Waals surface area contributed by atoms with Gasteiger partial charge in [-0.2, -0.15) is 0 Å². The van der Waals surface area contributed by atoms with Crippen LogP contribution in [-0.2, 0) is 10.8 Å². The zero-order chi connectivity index (χ0) is 26.3. The Bertz CT molecular complexity index is 985. The van der Waals surface area contributed by atoms with Crippen molar-refractivity contribution in [1.29, 1.82) is 0 Å². The topological polar surface area (TPSA) is 58.9 Å². The number of alkyl halides is 1. The lowest BCUT2D eigenvalue weighted by Crippen LogP contribution is -2.22. The van der Waals surface area contributed by atoms with E-state index < -0.39 is 6.10 Å². The molecule has 0 bridgehead atoms. The van der Waals surface area contributed by atoms with Gasteiger partial charge in [0.25, 0.3) is 0 Å². The third kappa shape index (κ3) is 6.82. The predicted octanol–water partition coefficient (Wildman–Crippen LogP) is 6.32. The van der Waals surface area contributed by atoms with Crippen LogP contribution < -0.4 is 9.47 Å². The quantitative estimate of drug-likeness (QED) is 0.280. The molecular formula is C31H39ClO4. The molecule has 0 fully saturated rings. The van der Waals surface area contributed by atoms with Crippen molar-refractivity contribution in [2.24, 2.45) is 5.92 Å². The number of ether oxygens (including phenoxy) is 2. The van der Waals surface area contributed by atoms with E-state index in [-0.39, 0.29) is 24.0 Å². The van der Waals surface area contributed by atoms with Gasteiger partial charge in [0, 0.05) is 22.6 Å². The molecule has 2 N–H and O–H groups in total. The van der Waals surface area contributed by atoms with Crippen LogP contribution in [0.4, 0.5) is 0 Å². The highest BCUT2D eigenvalue weighted by atomic mass is 35.5. The normalized spacial score (nSPS) is 13.8. The van der Waals surface area contributed by atoms with Gasteiger partial charge in [0.1, 0.15) is 24.2 Å². The summed E-state index contributed by atoms with van der Waals surface area (Å²) in [7, 11) is 0. The van der Waals surface area contributed by atoms with E-state index in [1.165, 1.54) is 22.3 Å². The SMILES string of the molecule is CC(CCl)COc1ccc(C(C)(C)c2ccc(C(C)(C)c3ccc(OCC(O)CO)cc3)cc2)cc1. The Morgan fingerprint density at radius 2 is 1.00 bits per heavy atom. The zero-order valence-electron chi connectivity index (χ0n) is 22.0. The van der Waals surface area contributed by atoms with Crippen molar-refractivity contribution in [2.75, 3.05) is 25.7 Å². The van der Waals surface area contributed by atoms with Crippen molar-refractivity contribution in [1.82, 2.24) is 0 Å². The van der Waals surface area contributed by atoms with Gasteiger partial charge in [0.15, 0.2) is 0 Å². The molecule has 0 aromatic heterocycles. The molecule has 3 aromatic carbocycles. The van der Waals surface area contributed by atoms with Gasteiger partial charge >= 0.3 is 0 Å². The minimum Gasteiger partial charge on any atom is -0.493 e. The highest BCUT2D eigenvalue weighted by Gasteiger charge is 2.26. The molecule has 0 aliphatic carbocycles. The van der Waals surface area contributed by atoms with Crippen LogP contribution in [0.25, 0.3) is 0 Å². The van der Waals surface area contributed by atoms with E-state index in [4.69, 9.17) is 26.2 Å². The van der Waals surface area contributed by atoms with Gasteiger partial charge in [-0.1, -0.05) is 83.1 Å². The van der Waals surface area contributed by atoms with E-state index in [9.17, 15) is 5.11 Å². The molecule has 0 aliphatic heterocycles. The average molecular weight is 511 g/mol. The largest absolute Gasteiger partial charge is 0.493 e. The van der Waals surface area contributed by atoms with E-state index in [0.29, 0.717) is 24.2 Å². The smallest absolute Gasteiger partial charge is 0.119 e. The van der Waals surface area contributed by atoms with Crippen molar-refractivity contribution >= 4 is 11.6 Å². The first-order valence-electron chi connectivity index (χ1n) is 12.5. The molecule has 0 saturated heterocycles. The van der Waals surface area contributed by atoms with Crippen LogP contribution in [0.5, 0.6) is 11.5 Å². The van der Waals surface area contributed by atoms with Crippen molar-refractivity contribution < 1.29 is 19.7 Å². The van der Waals surface area contributed by atoms with E-state index in [1.54, 1.807) is 0 Å². The summed E-state index contributed by atoms with van der Waals surface area (Å²) in [5, 5.41) is 18.4. The Morgan fingerprint density at radius 1 is 0.667 bits per heavy atom. The first kappa shape index (κ1) is 28.0. The van der Waals surface area contributed by atoms with Crippen LogP contribution in [0.2, 0.25) is 0 Å². The van der Waals surface area contributed by atoms with Gasteiger partial charge in [-0.05, 0) is 46.5 Å². The fourth-order valence-corrected chi connectivity index (χ4v) is 4.19. The molecule has 194 valence electrons. The third-order valence-corrected chi connectivity index (χ3v) is 7.46. The van der Waals surface area contributed by atoms with Gasteiger partial charge in [-0.3, -0.25) is 0 Å². The second-order valence-corrected chi connectivity index (χ2v) is 10.9. The van der Waals surface area contributed by atoms with Gasteiger partial charge in [0.2, 0.25) is 0 Å². The zero-order valence-corrected chi connectivity index (χ0v) is 22.8. The first-order valence-corrected chi connectivity index (χ1v) is 13.0. The maximum atomic E-state index is 9.48. The molecule has 36 heavy (non-hydrogen) atoms. The van der Waals surface area contributed by atoms with Crippen LogP contribution in [0, 0.1) is 5.92 Å². The molecule has 0 aliphatic rings. The summed E-state index contributed by atoms with van der Waals surface area (Å²) < 4.78 is 11.4. The van der Waals surface area contributed by atoms with E-state index in [1.807, 2.05) is 24.3 Å². The van der Waals surface area contributed by atoms with Crippen LogP contribution in [-0.4, -0.2) is 42.0 Å². The van der Waals surface area contributed by atoms with Gasteiger partial charge < -0.3 is 19.7 Å². The molecule has 4 nitrogen and oxygen atoms in total. The van der Waals surface area contributed by atoms with Crippen LogP contribution in [0.3, 0.4) is 0 Å².